The topological polar surface area (TPSA) is 92.7 Å². The molecule has 0 bridgehead atoms. The number of benzene rings is 3. The van der Waals surface area contributed by atoms with Crippen molar-refractivity contribution in [1.29, 1.82) is 0 Å². The zero-order chi connectivity index (χ0) is 23.8. The summed E-state index contributed by atoms with van der Waals surface area (Å²) in [5.74, 6) is 0.616. The lowest BCUT2D eigenvalue weighted by atomic mass is 10.0. The quantitative estimate of drug-likeness (QED) is 0.427. The smallest absolute Gasteiger partial charge is 0.186 e. The number of rotatable bonds is 10. The van der Waals surface area contributed by atoms with E-state index in [-0.39, 0.29) is 11.5 Å². The first-order valence-electron chi connectivity index (χ1n) is 10.3. The molecule has 0 aromatic heterocycles. The Hall–Kier alpha value is -2.78. The summed E-state index contributed by atoms with van der Waals surface area (Å²) in [6, 6.07) is 21.3. The van der Waals surface area contributed by atoms with Crippen LogP contribution in [0.5, 0.6) is 5.75 Å². The molecule has 2 N–H and O–H groups in total. The molecule has 0 heterocycles. The largest absolute Gasteiger partial charge is 0.497 e. The average molecular weight is 486 g/mol. The molecular weight excluding hydrogens is 458 g/mol. The summed E-state index contributed by atoms with van der Waals surface area (Å²) in [7, 11) is -4.04. The third-order valence-electron chi connectivity index (χ3n) is 5.13. The van der Waals surface area contributed by atoms with Gasteiger partial charge in [-0.2, -0.15) is 0 Å². The molecule has 33 heavy (non-hydrogen) atoms. The van der Waals surface area contributed by atoms with Gasteiger partial charge in [-0.15, -0.1) is 0 Å². The normalized spacial score (nSPS) is 14.6. The number of aliphatic hydroxyl groups is 1. The molecule has 3 rings (SSSR count). The van der Waals surface area contributed by atoms with Crippen LogP contribution in [0.4, 0.5) is 0 Å². The summed E-state index contributed by atoms with van der Waals surface area (Å²) >= 11 is 0. The summed E-state index contributed by atoms with van der Waals surface area (Å²) in [6.07, 6.45) is 2.83. The Morgan fingerprint density at radius 3 is 2.21 bits per heavy atom. The second kappa shape index (κ2) is 11.4. The van der Waals surface area contributed by atoms with E-state index in [1.54, 1.807) is 61.7 Å². The summed E-state index contributed by atoms with van der Waals surface area (Å²) in [5.41, 5.74) is 1.64. The molecule has 6 nitrogen and oxygen atoms in total. The van der Waals surface area contributed by atoms with E-state index < -0.39 is 32.1 Å². The molecular formula is C25H27NO5S2. The van der Waals surface area contributed by atoms with Gasteiger partial charge in [0.1, 0.15) is 22.0 Å². The highest BCUT2D eigenvalue weighted by atomic mass is 32.2. The number of nitrogens with one attached hydrogen (secondary N) is 1. The Balaban J connectivity index is 2.09. The minimum Gasteiger partial charge on any atom is -0.497 e. The minimum atomic E-state index is -3.90. The van der Waals surface area contributed by atoms with Gasteiger partial charge in [-0.25, -0.2) is 17.3 Å². The predicted octanol–water partition coefficient (Wildman–Crippen LogP) is 3.75. The highest BCUT2D eigenvalue weighted by molar-refractivity contribution is 7.92. The molecule has 3 aromatic rings. The molecule has 3 atom stereocenters. The highest BCUT2D eigenvalue weighted by Gasteiger charge is 2.35. The number of aliphatic hydroxyl groups excluding tert-OH is 1. The van der Waals surface area contributed by atoms with Crippen LogP contribution in [0.3, 0.4) is 0 Å². The molecule has 1 unspecified atom stereocenters. The summed E-state index contributed by atoms with van der Waals surface area (Å²) in [4.78, 5) is 0.667. The molecule has 0 aliphatic rings. The number of hydrogen-bond acceptors (Lipinski definition) is 5. The van der Waals surface area contributed by atoms with Gasteiger partial charge < -0.3 is 9.84 Å². The molecule has 0 saturated carbocycles. The number of hydrogen-bond donors (Lipinski definition) is 2. The van der Waals surface area contributed by atoms with E-state index in [0.29, 0.717) is 16.2 Å². The molecule has 0 spiro atoms. The van der Waals surface area contributed by atoms with Crippen molar-refractivity contribution < 1.29 is 22.5 Å². The van der Waals surface area contributed by atoms with E-state index in [0.717, 1.165) is 5.56 Å². The number of sulfone groups is 1. The Bertz CT molecular complexity index is 1190. The monoisotopic (exact) mass is 485 g/mol. The van der Waals surface area contributed by atoms with Gasteiger partial charge in [-0.05, 0) is 48.9 Å². The van der Waals surface area contributed by atoms with Crippen LogP contribution in [0.25, 0.3) is 0 Å². The third kappa shape index (κ3) is 6.17. The average Bonchev–Trinajstić information content (AvgIpc) is 2.84. The first-order chi connectivity index (χ1) is 15.9. The lowest BCUT2D eigenvalue weighted by Crippen LogP contribution is -2.37. The van der Waals surface area contributed by atoms with Gasteiger partial charge in [0.2, 0.25) is 0 Å². The maximum atomic E-state index is 13.6. The number of methoxy groups -OCH3 is 1. The lowest BCUT2D eigenvalue weighted by Gasteiger charge is -2.26. The molecule has 174 valence electrons. The molecule has 3 aromatic carbocycles. The van der Waals surface area contributed by atoms with Crippen molar-refractivity contribution in [1.82, 2.24) is 4.72 Å². The SMILES string of the molecule is COc1ccc([C@@H](NS(=O)c2ccc(C)cc2)[C@H](/C=C\CO)S(=O)(=O)c2ccccc2)cc1. The predicted molar refractivity (Wildman–Crippen MR) is 130 cm³/mol. The summed E-state index contributed by atoms with van der Waals surface area (Å²) in [6.45, 7) is 1.61. The Morgan fingerprint density at radius 2 is 1.64 bits per heavy atom. The van der Waals surface area contributed by atoms with E-state index >= 15 is 0 Å². The fourth-order valence-electron chi connectivity index (χ4n) is 3.34. The van der Waals surface area contributed by atoms with Crippen molar-refractivity contribution in [3.63, 3.8) is 0 Å². The van der Waals surface area contributed by atoms with Gasteiger partial charge in [-0.1, -0.05) is 60.2 Å². The van der Waals surface area contributed by atoms with E-state index in [2.05, 4.69) is 4.72 Å². The molecule has 0 aliphatic carbocycles. The number of ether oxygens (including phenoxy) is 1. The van der Waals surface area contributed by atoms with Crippen molar-refractivity contribution in [2.75, 3.05) is 13.7 Å². The lowest BCUT2D eigenvalue weighted by molar-refractivity contribution is 0.342. The van der Waals surface area contributed by atoms with Crippen LogP contribution in [0.15, 0.2) is 101 Å². The van der Waals surface area contributed by atoms with Crippen molar-refractivity contribution >= 4 is 20.8 Å². The van der Waals surface area contributed by atoms with Crippen LogP contribution >= 0.6 is 0 Å². The van der Waals surface area contributed by atoms with E-state index in [9.17, 15) is 17.7 Å². The van der Waals surface area contributed by atoms with Crippen LogP contribution < -0.4 is 9.46 Å². The fourth-order valence-corrected chi connectivity index (χ4v) is 6.21. The van der Waals surface area contributed by atoms with Crippen molar-refractivity contribution in [2.24, 2.45) is 0 Å². The van der Waals surface area contributed by atoms with Gasteiger partial charge in [0.25, 0.3) is 0 Å². The fraction of sp³-hybridized carbons (Fsp3) is 0.200. The molecule has 0 amide bonds. The van der Waals surface area contributed by atoms with Crippen LogP contribution in [-0.2, 0) is 20.8 Å². The maximum absolute atomic E-state index is 13.6. The molecule has 0 radical (unpaired) electrons. The van der Waals surface area contributed by atoms with Crippen LogP contribution in [-0.4, -0.2) is 36.7 Å². The zero-order valence-corrected chi connectivity index (χ0v) is 20.1. The summed E-state index contributed by atoms with van der Waals surface area (Å²) in [5, 5.41) is 8.25. The standard InChI is InChI=1S/C25H27NO5S2/c1-19-10-16-22(17-11-19)32(28)26-25(20-12-14-21(31-2)15-13-20)24(9-6-18-27)33(29,30)23-7-4-3-5-8-23/h3-17,24-27H,18H2,1-2H3/b9-6-/t24-,25+,32?/m0/s1. The summed E-state index contributed by atoms with van der Waals surface area (Å²) < 4.78 is 48.7. The molecule has 8 heteroatoms. The number of aryl methyl sites for hydroxylation is 1. The van der Waals surface area contributed by atoms with Crippen molar-refractivity contribution in [3.8, 4) is 5.75 Å². The highest BCUT2D eigenvalue weighted by Crippen LogP contribution is 2.30. The first kappa shape index (κ1) is 24.9. The van der Waals surface area contributed by atoms with Gasteiger partial charge >= 0.3 is 0 Å². The van der Waals surface area contributed by atoms with Gasteiger partial charge in [-0.3, -0.25) is 0 Å². The van der Waals surface area contributed by atoms with Crippen LogP contribution in [0.2, 0.25) is 0 Å². The minimum absolute atomic E-state index is 0.138. The van der Waals surface area contributed by atoms with Crippen molar-refractivity contribution in [3.05, 3.63) is 102 Å². The Morgan fingerprint density at radius 1 is 1.00 bits per heavy atom. The second-order valence-corrected chi connectivity index (χ2v) is 10.7. The second-order valence-electron chi connectivity index (χ2n) is 7.38. The van der Waals surface area contributed by atoms with Gasteiger partial charge in [0.15, 0.2) is 9.84 Å². The van der Waals surface area contributed by atoms with E-state index in [4.69, 9.17) is 4.74 Å². The Labute approximate surface area is 197 Å². The third-order valence-corrected chi connectivity index (χ3v) is 8.38. The Kier molecular flexibility index (Phi) is 8.57. The van der Waals surface area contributed by atoms with Gasteiger partial charge in [0, 0.05) is 0 Å². The molecule has 0 aliphatic heterocycles. The zero-order valence-electron chi connectivity index (χ0n) is 18.4. The van der Waals surface area contributed by atoms with Crippen LogP contribution in [0, 0.1) is 6.92 Å². The molecule has 0 saturated heterocycles. The first-order valence-corrected chi connectivity index (χ1v) is 13.0. The maximum Gasteiger partial charge on any atom is 0.186 e. The van der Waals surface area contributed by atoms with Crippen molar-refractivity contribution in [2.45, 2.75) is 28.0 Å². The van der Waals surface area contributed by atoms with Gasteiger partial charge in [0.05, 0.1) is 29.5 Å². The van der Waals surface area contributed by atoms with E-state index in [1.165, 1.54) is 24.3 Å². The van der Waals surface area contributed by atoms with E-state index in [1.807, 2.05) is 19.1 Å². The molecule has 0 fully saturated rings. The van der Waals surface area contributed by atoms with Crippen LogP contribution in [0.1, 0.15) is 17.2 Å².